The molecule has 0 spiro atoms. The Morgan fingerprint density at radius 1 is 1.17 bits per heavy atom. The van der Waals surface area contributed by atoms with Crippen LogP contribution in [0.25, 0.3) is 0 Å². The fourth-order valence-electron chi connectivity index (χ4n) is 2.76. The van der Waals surface area contributed by atoms with Gasteiger partial charge in [0.2, 0.25) is 5.91 Å². The largest absolute Gasteiger partial charge is 0.352 e. The van der Waals surface area contributed by atoms with E-state index in [1.165, 1.54) is 0 Å². The Labute approximate surface area is 147 Å². The van der Waals surface area contributed by atoms with Gasteiger partial charge in [-0.25, -0.2) is 0 Å². The van der Waals surface area contributed by atoms with E-state index in [9.17, 15) is 9.59 Å². The minimum absolute atomic E-state index is 0. The van der Waals surface area contributed by atoms with Gasteiger partial charge in [-0.2, -0.15) is 0 Å². The Kier molecular flexibility index (Phi) is 6.58. The summed E-state index contributed by atoms with van der Waals surface area (Å²) in [6.45, 7) is 2.79. The molecule has 1 atom stereocenters. The SMILES string of the molecule is Cl.O=C(NCc1ccc(Cn2ccccc2=O)cc1)C1CCNC1. The Balaban J connectivity index is 0.00000208. The van der Waals surface area contributed by atoms with Gasteiger partial charge in [0, 0.05) is 25.4 Å². The lowest BCUT2D eigenvalue weighted by Gasteiger charge is -2.10. The number of aromatic nitrogens is 1. The topological polar surface area (TPSA) is 63.1 Å². The van der Waals surface area contributed by atoms with Crippen molar-refractivity contribution in [2.75, 3.05) is 13.1 Å². The van der Waals surface area contributed by atoms with E-state index in [-0.39, 0.29) is 29.8 Å². The summed E-state index contributed by atoms with van der Waals surface area (Å²) in [6.07, 6.45) is 2.70. The average molecular weight is 348 g/mol. The van der Waals surface area contributed by atoms with Crippen LogP contribution in [-0.2, 0) is 17.9 Å². The van der Waals surface area contributed by atoms with Crippen LogP contribution in [0.1, 0.15) is 17.5 Å². The van der Waals surface area contributed by atoms with Crippen molar-refractivity contribution in [3.05, 3.63) is 70.1 Å². The predicted octanol–water partition coefficient (Wildman–Crippen LogP) is 1.54. The van der Waals surface area contributed by atoms with Crippen LogP contribution in [0.4, 0.5) is 0 Å². The zero-order valence-electron chi connectivity index (χ0n) is 13.4. The zero-order valence-corrected chi connectivity index (χ0v) is 14.2. The number of carbonyl (C=O) groups excluding carboxylic acids is 1. The maximum absolute atomic E-state index is 12.0. The van der Waals surface area contributed by atoms with Crippen molar-refractivity contribution in [1.29, 1.82) is 0 Å². The highest BCUT2D eigenvalue weighted by Gasteiger charge is 2.21. The minimum atomic E-state index is -0.00554. The van der Waals surface area contributed by atoms with Gasteiger partial charge in [-0.3, -0.25) is 9.59 Å². The molecule has 1 fully saturated rings. The molecule has 0 radical (unpaired) electrons. The summed E-state index contributed by atoms with van der Waals surface area (Å²) in [6, 6.07) is 13.1. The number of halogens is 1. The summed E-state index contributed by atoms with van der Waals surface area (Å²) < 4.78 is 1.67. The summed E-state index contributed by atoms with van der Waals surface area (Å²) >= 11 is 0. The molecule has 1 aliphatic heterocycles. The van der Waals surface area contributed by atoms with E-state index in [1.807, 2.05) is 30.3 Å². The average Bonchev–Trinajstić information content (AvgIpc) is 3.11. The molecule has 1 aromatic heterocycles. The first-order chi connectivity index (χ1) is 11.2. The van der Waals surface area contributed by atoms with Crippen molar-refractivity contribution in [1.82, 2.24) is 15.2 Å². The van der Waals surface area contributed by atoms with Gasteiger partial charge in [-0.1, -0.05) is 30.3 Å². The Morgan fingerprint density at radius 2 is 1.92 bits per heavy atom. The van der Waals surface area contributed by atoms with Crippen molar-refractivity contribution in [2.24, 2.45) is 5.92 Å². The molecule has 2 aromatic rings. The van der Waals surface area contributed by atoms with E-state index < -0.39 is 0 Å². The number of hydrogen-bond donors (Lipinski definition) is 2. The first kappa shape index (κ1) is 18.2. The van der Waals surface area contributed by atoms with Gasteiger partial charge >= 0.3 is 0 Å². The van der Waals surface area contributed by atoms with Crippen LogP contribution in [0.5, 0.6) is 0 Å². The monoisotopic (exact) mass is 347 g/mol. The lowest BCUT2D eigenvalue weighted by atomic mass is 10.1. The molecule has 1 unspecified atom stereocenters. The third kappa shape index (κ3) is 4.69. The maximum Gasteiger partial charge on any atom is 0.250 e. The van der Waals surface area contributed by atoms with E-state index in [0.29, 0.717) is 13.1 Å². The number of nitrogens with one attached hydrogen (secondary N) is 2. The van der Waals surface area contributed by atoms with E-state index in [1.54, 1.807) is 22.9 Å². The first-order valence-corrected chi connectivity index (χ1v) is 7.94. The molecule has 0 bridgehead atoms. The molecule has 128 valence electrons. The Bertz CT molecular complexity index is 722. The van der Waals surface area contributed by atoms with E-state index in [2.05, 4.69) is 10.6 Å². The molecule has 0 aliphatic carbocycles. The van der Waals surface area contributed by atoms with Crippen molar-refractivity contribution in [3.63, 3.8) is 0 Å². The number of carbonyl (C=O) groups is 1. The smallest absolute Gasteiger partial charge is 0.250 e. The molecule has 1 aliphatic rings. The Morgan fingerprint density at radius 3 is 2.58 bits per heavy atom. The van der Waals surface area contributed by atoms with Crippen LogP contribution < -0.4 is 16.2 Å². The third-order valence-corrected chi connectivity index (χ3v) is 4.17. The fourth-order valence-corrected chi connectivity index (χ4v) is 2.76. The number of rotatable bonds is 5. The van der Waals surface area contributed by atoms with Crippen molar-refractivity contribution in [2.45, 2.75) is 19.5 Å². The fraction of sp³-hybridized carbons (Fsp3) is 0.333. The van der Waals surface area contributed by atoms with Gasteiger partial charge in [-0.15, -0.1) is 12.4 Å². The molecule has 1 saturated heterocycles. The van der Waals surface area contributed by atoms with Crippen LogP contribution >= 0.6 is 12.4 Å². The van der Waals surface area contributed by atoms with Gasteiger partial charge in [0.1, 0.15) is 0 Å². The quantitative estimate of drug-likeness (QED) is 0.862. The molecule has 6 heteroatoms. The van der Waals surface area contributed by atoms with Crippen molar-refractivity contribution >= 4 is 18.3 Å². The summed E-state index contributed by atoms with van der Waals surface area (Å²) in [5.41, 5.74) is 2.12. The summed E-state index contributed by atoms with van der Waals surface area (Å²) in [7, 11) is 0. The normalized spacial score (nSPS) is 16.4. The minimum Gasteiger partial charge on any atom is -0.352 e. The summed E-state index contributed by atoms with van der Waals surface area (Å²) in [5, 5.41) is 6.18. The van der Waals surface area contributed by atoms with Crippen LogP contribution in [-0.4, -0.2) is 23.6 Å². The lowest BCUT2D eigenvalue weighted by molar-refractivity contribution is -0.124. The lowest BCUT2D eigenvalue weighted by Crippen LogP contribution is -2.31. The van der Waals surface area contributed by atoms with E-state index >= 15 is 0 Å². The number of nitrogens with zero attached hydrogens (tertiary/aromatic N) is 1. The standard InChI is InChI=1S/C18H21N3O2.ClH/c22-17-3-1-2-10-21(17)13-15-6-4-14(5-7-15)11-20-18(23)16-8-9-19-12-16;/h1-7,10,16,19H,8-9,11-13H2,(H,20,23);1H. The number of pyridine rings is 1. The molecule has 1 aromatic carbocycles. The molecule has 24 heavy (non-hydrogen) atoms. The number of amides is 1. The highest BCUT2D eigenvalue weighted by Crippen LogP contribution is 2.09. The van der Waals surface area contributed by atoms with Gasteiger partial charge < -0.3 is 15.2 Å². The molecule has 1 amide bonds. The van der Waals surface area contributed by atoms with Crippen LogP contribution in [0, 0.1) is 5.92 Å². The second kappa shape index (κ2) is 8.66. The molecular weight excluding hydrogens is 326 g/mol. The van der Waals surface area contributed by atoms with E-state index in [0.717, 1.165) is 30.6 Å². The van der Waals surface area contributed by atoms with Crippen LogP contribution in [0.2, 0.25) is 0 Å². The molecule has 5 nitrogen and oxygen atoms in total. The van der Waals surface area contributed by atoms with Gasteiger partial charge in [-0.05, 0) is 30.2 Å². The number of benzene rings is 1. The second-order valence-electron chi connectivity index (χ2n) is 5.89. The van der Waals surface area contributed by atoms with E-state index in [4.69, 9.17) is 0 Å². The molecule has 2 heterocycles. The predicted molar refractivity (Wildman–Crippen MR) is 96.3 cm³/mol. The highest BCUT2D eigenvalue weighted by atomic mass is 35.5. The highest BCUT2D eigenvalue weighted by molar-refractivity contribution is 5.85. The maximum atomic E-state index is 12.0. The molecule has 3 rings (SSSR count). The molecule has 2 N–H and O–H groups in total. The van der Waals surface area contributed by atoms with Gasteiger partial charge in [0.15, 0.2) is 0 Å². The van der Waals surface area contributed by atoms with Gasteiger partial charge in [0.25, 0.3) is 5.56 Å². The molecule has 0 saturated carbocycles. The number of hydrogen-bond acceptors (Lipinski definition) is 3. The molecular formula is C18H22ClN3O2. The zero-order chi connectivity index (χ0) is 16.1. The first-order valence-electron chi connectivity index (χ1n) is 7.94. The van der Waals surface area contributed by atoms with Gasteiger partial charge in [0.05, 0.1) is 12.5 Å². The third-order valence-electron chi connectivity index (χ3n) is 4.17. The van der Waals surface area contributed by atoms with Crippen molar-refractivity contribution in [3.8, 4) is 0 Å². The van der Waals surface area contributed by atoms with Crippen LogP contribution in [0.3, 0.4) is 0 Å². The summed E-state index contributed by atoms with van der Waals surface area (Å²) in [5.74, 6) is 0.217. The second-order valence-corrected chi connectivity index (χ2v) is 5.89. The van der Waals surface area contributed by atoms with Crippen LogP contribution in [0.15, 0.2) is 53.5 Å². The summed E-state index contributed by atoms with van der Waals surface area (Å²) in [4.78, 5) is 23.7. The Hall–Kier alpha value is -2.11. The van der Waals surface area contributed by atoms with Crippen molar-refractivity contribution < 1.29 is 4.79 Å².